The van der Waals surface area contributed by atoms with Crippen molar-refractivity contribution >= 4 is 96.7 Å². The second-order valence-electron chi connectivity index (χ2n) is 7.44. The van der Waals surface area contributed by atoms with E-state index in [-0.39, 0.29) is 4.32 Å². The molecule has 0 bridgehead atoms. The number of hydrazine groups is 1. The zero-order chi connectivity index (χ0) is 23.8. The molecule has 3 amide bonds. The SMILES string of the molecule is O=C(Nc1ccc(Cl)c(Cl)c1)NN1C(=O)/C(=C\c2c3ccccc3cc3ccccc23)SC1=S. The maximum absolute atomic E-state index is 13.1. The van der Waals surface area contributed by atoms with E-state index in [1.807, 2.05) is 54.6 Å². The van der Waals surface area contributed by atoms with Gasteiger partial charge in [-0.2, -0.15) is 5.01 Å². The maximum Gasteiger partial charge on any atom is 0.338 e. The molecule has 2 N–H and O–H groups in total. The van der Waals surface area contributed by atoms with E-state index in [4.69, 9.17) is 35.4 Å². The van der Waals surface area contributed by atoms with Crippen LogP contribution in [0.2, 0.25) is 10.0 Å². The third-order valence-electron chi connectivity index (χ3n) is 5.27. The van der Waals surface area contributed by atoms with Gasteiger partial charge in [-0.05, 0) is 69.7 Å². The molecule has 0 aromatic heterocycles. The van der Waals surface area contributed by atoms with Crippen LogP contribution in [0.15, 0.2) is 77.7 Å². The third-order valence-corrected chi connectivity index (χ3v) is 7.31. The molecular weight excluding hydrogens is 509 g/mol. The summed E-state index contributed by atoms with van der Waals surface area (Å²) >= 11 is 18.4. The molecule has 9 heteroatoms. The van der Waals surface area contributed by atoms with Gasteiger partial charge in [0.25, 0.3) is 5.91 Å². The fraction of sp³-hybridized carbons (Fsp3) is 0. The van der Waals surface area contributed by atoms with E-state index in [9.17, 15) is 9.59 Å². The van der Waals surface area contributed by atoms with Crippen molar-refractivity contribution in [3.05, 3.63) is 93.3 Å². The molecular formula is C25H15Cl2N3O2S2. The quantitative estimate of drug-likeness (QED) is 0.169. The van der Waals surface area contributed by atoms with Crippen LogP contribution >= 0.6 is 47.2 Å². The number of rotatable bonds is 3. The van der Waals surface area contributed by atoms with Gasteiger partial charge in [-0.1, -0.05) is 83.5 Å². The highest BCUT2D eigenvalue weighted by atomic mass is 35.5. The summed E-state index contributed by atoms with van der Waals surface area (Å²) in [5.41, 5.74) is 3.86. The van der Waals surface area contributed by atoms with E-state index in [1.54, 1.807) is 12.1 Å². The van der Waals surface area contributed by atoms with E-state index in [1.165, 1.54) is 6.07 Å². The number of hydrogen-bond acceptors (Lipinski definition) is 4. The molecule has 1 fully saturated rings. The number of hydrogen-bond donors (Lipinski definition) is 2. The predicted octanol–water partition coefficient (Wildman–Crippen LogP) is 7.24. The molecule has 34 heavy (non-hydrogen) atoms. The molecule has 0 unspecified atom stereocenters. The number of halogens is 2. The van der Waals surface area contributed by atoms with E-state index < -0.39 is 11.9 Å². The van der Waals surface area contributed by atoms with Gasteiger partial charge in [0.2, 0.25) is 0 Å². The predicted molar refractivity (Wildman–Crippen MR) is 145 cm³/mol. The Balaban J connectivity index is 1.44. The smallest absolute Gasteiger partial charge is 0.307 e. The Hall–Kier alpha value is -3.10. The molecule has 0 saturated carbocycles. The lowest BCUT2D eigenvalue weighted by molar-refractivity contribution is -0.123. The van der Waals surface area contributed by atoms with E-state index in [0.717, 1.165) is 43.9 Å². The summed E-state index contributed by atoms with van der Waals surface area (Å²) in [4.78, 5) is 26.1. The molecule has 5 rings (SSSR count). The van der Waals surface area contributed by atoms with Gasteiger partial charge in [0.15, 0.2) is 4.32 Å². The minimum atomic E-state index is -0.633. The zero-order valence-electron chi connectivity index (χ0n) is 17.3. The molecule has 168 valence electrons. The summed E-state index contributed by atoms with van der Waals surface area (Å²) in [6.45, 7) is 0. The highest BCUT2D eigenvalue weighted by Crippen LogP contribution is 2.36. The van der Waals surface area contributed by atoms with Gasteiger partial charge in [0, 0.05) is 5.69 Å². The average Bonchev–Trinajstić information content (AvgIpc) is 3.08. The first-order valence-electron chi connectivity index (χ1n) is 10.1. The lowest BCUT2D eigenvalue weighted by atomic mass is 9.96. The van der Waals surface area contributed by atoms with Gasteiger partial charge in [-0.15, -0.1) is 0 Å². The summed E-state index contributed by atoms with van der Waals surface area (Å²) in [6, 6.07) is 22.2. The monoisotopic (exact) mass is 523 g/mol. The van der Waals surface area contributed by atoms with Crippen molar-refractivity contribution in [2.24, 2.45) is 0 Å². The number of nitrogens with one attached hydrogen (secondary N) is 2. The maximum atomic E-state index is 13.1. The molecule has 1 aliphatic rings. The second kappa shape index (κ2) is 9.27. The van der Waals surface area contributed by atoms with Crippen LogP contribution in [0.25, 0.3) is 27.6 Å². The highest BCUT2D eigenvalue weighted by molar-refractivity contribution is 8.26. The van der Waals surface area contributed by atoms with E-state index >= 15 is 0 Å². The molecule has 0 atom stereocenters. The molecule has 1 heterocycles. The van der Waals surface area contributed by atoms with Gasteiger partial charge >= 0.3 is 6.03 Å². The summed E-state index contributed by atoms with van der Waals surface area (Å²) in [5.74, 6) is -0.406. The number of urea groups is 1. The van der Waals surface area contributed by atoms with Crippen LogP contribution in [-0.4, -0.2) is 21.3 Å². The third kappa shape index (κ3) is 4.35. The van der Waals surface area contributed by atoms with Gasteiger partial charge in [-0.25, -0.2) is 10.2 Å². The summed E-state index contributed by atoms with van der Waals surface area (Å²) in [7, 11) is 0. The Kier molecular flexibility index (Phi) is 6.18. The molecule has 1 saturated heterocycles. The minimum absolute atomic E-state index is 0.227. The largest absolute Gasteiger partial charge is 0.338 e. The number of carbonyl (C=O) groups is 2. The van der Waals surface area contributed by atoms with Crippen molar-refractivity contribution in [2.45, 2.75) is 0 Å². The molecule has 1 aliphatic heterocycles. The number of carbonyl (C=O) groups excluding carboxylic acids is 2. The lowest BCUT2D eigenvalue weighted by Gasteiger charge is -2.16. The van der Waals surface area contributed by atoms with Crippen LogP contribution in [0.1, 0.15) is 5.56 Å². The van der Waals surface area contributed by atoms with Crippen LogP contribution < -0.4 is 10.7 Å². The number of nitrogens with zero attached hydrogens (tertiary/aromatic N) is 1. The van der Waals surface area contributed by atoms with Gasteiger partial charge in [0.1, 0.15) is 0 Å². The first-order chi connectivity index (χ1) is 16.4. The fourth-order valence-electron chi connectivity index (χ4n) is 3.73. The Morgan fingerprint density at radius 3 is 2.21 bits per heavy atom. The number of fused-ring (bicyclic) bond motifs is 2. The normalized spacial score (nSPS) is 14.9. The average molecular weight is 524 g/mol. The first kappa shape index (κ1) is 22.7. The Bertz CT molecular complexity index is 1480. The Morgan fingerprint density at radius 2 is 1.56 bits per heavy atom. The molecule has 5 nitrogen and oxygen atoms in total. The van der Waals surface area contributed by atoms with Crippen LogP contribution in [-0.2, 0) is 4.79 Å². The number of thioether (sulfide) groups is 1. The van der Waals surface area contributed by atoms with Crippen LogP contribution in [0.4, 0.5) is 10.5 Å². The zero-order valence-corrected chi connectivity index (χ0v) is 20.5. The first-order valence-corrected chi connectivity index (χ1v) is 12.1. The second-order valence-corrected chi connectivity index (χ2v) is 9.93. The van der Waals surface area contributed by atoms with Gasteiger partial charge in [-0.3, -0.25) is 4.79 Å². The van der Waals surface area contributed by atoms with Crippen molar-refractivity contribution in [3.8, 4) is 0 Å². The minimum Gasteiger partial charge on any atom is -0.307 e. The molecule has 4 aromatic rings. The Labute approximate surface area is 214 Å². The number of amides is 3. The topological polar surface area (TPSA) is 61.4 Å². The number of thiocarbonyl (C=S) groups is 1. The molecule has 0 radical (unpaired) electrons. The van der Waals surface area contributed by atoms with Crippen LogP contribution in [0.5, 0.6) is 0 Å². The molecule has 0 aliphatic carbocycles. The van der Waals surface area contributed by atoms with Gasteiger partial charge in [0.05, 0.1) is 15.0 Å². The fourth-order valence-corrected chi connectivity index (χ4v) is 5.19. The van der Waals surface area contributed by atoms with Crippen molar-refractivity contribution in [1.29, 1.82) is 0 Å². The van der Waals surface area contributed by atoms with E-state index in [2.05, 4.69) is 16.8 Å². The molecule has 0 spiro atoms. The lowest BCUT2D eigenvalue weighted by Crippen LogP contribution is -2.46. The Morgan fingerprint density at radius 1 is 0.912 bits per heavy atom. The van der Waals surface area contributed by atoms with Gasteiger partial charge < -0.3 is 5.32 Å². The summed E-state index contributed by atoms with van der Waals surface area (Å²) in [6.07, 6.45) is 1.84. The van der Waals surface area contributed by atoms with Crippen molar-refractivity contribution in [1.82, 2.24) is 10.4 Å². The molecule has 4 aromatic carbocycles. The van der Waals surface area contributed by atoms with Crippen LogP contribution in [0.3, 0.4) is 0 Å². The van der Waals surface area contributed by atoms with E-state index in [0.29, 0.717) is 20.6 Å². The number of benzene rings is 4. The van der Waals surface area contributed by atoms with Crippen LogP contribution in [0, 0.1) is 0 Å². The standard InChI is InChI=1S/C25H15Cl2N3O2S2/c26-20-10-9-16(12-21(20)27)28-24(32)29-30-23(31)22(34-25(30)33)13-19-17-7-3-1-5-14(17)11-15-6-2-4-8-18(15)19/h1-13H,(H2,28,29,32)/b22-13+. The van der Waals surface area contributed by atoms with Crippen molar-refractivity contribution < 1.29 is 9.59 Å². The summed E-state index contributed by atoms with van der Waals surface area (Å²) < 4.78 is 0.227. The summed E-state index contributed by atoms with van der Waals surface area (Å²) in [5, 5.41) is 8.54. The number of anilines is 1. The highest BCUT2D eigenvalue weighted by Gasteiger charge is 2.34. The van der Waals surface area contributed by atoms with Crippen molar-refractivity contribution in [2.75, 3.05) is 5.32 Å². The van der Waals surface area contributed by atoms with Crippen molar-refractivity contribution in [3.63, 3.8) is 0 Å².